The summed E-state index contributed by atoms with van der Waals surface area (Å²) in [5.74, 6) is 1.51. The van der Waals surface area contributed by atoms with Gasteiger partial charge in [-0.15, -0.1) is 24.0 Å². The van der Waals surface area contributed by atoms with Gasteiger partial charge in [0.15, 0.2) is 5.96 Å². The summed E-state index contributed by atoms with van der Waals surface area (Å²) in [5, 5.41) is 6.53. The predicted molar refractivity (Wildman–Crippen MR) is 125 cm³/mol. The Morgan fingerprint density at radius 3 is 2.68 bits per heavy atom. The molecule has 0 unspecified atom stereocenters. The Labute approximate surface area is 186 Å². The fraction of sp³-hybridized carbons (Fsp3) is 0.632. The average Bonchev–Trinajstić information content (AvgIpc) is 3.05. The zero-order chi connectivity index (χ0) is 20.0. The number of nitrogens with one attached hydrogen (secondary N) is 2. The SMILES string of the molecule is CN=C(NCc1ccc(C)cc1OC(C)C)NC[C@H]1CCCN1S(C)(=O)=O.I. The first-order valence-corrected chi connectivity index (χ1v) is 11.2. The van der Waals surface area contributed by atoms with Crippen LogP contribution in [0.3, 0.4) is 0 Å². The van der Waals surface area contributed by atoms with E-state index in [-0.39, 0.29) is 36.1 Å². The van der Waals surface area contributed by atoms with E-state index in [9.17, 15) is 8.42 Å². The lowest BCUT2D eigenvalue weighted by Gasteiger charge is -2.23. The van der Waals surface area contributed by atoms with Crippen LogP contribution in [0.5, 0.6) is 5.75 Å². The van der Waals surface area contributed by atoms with E-state index >= 15 is 0 Å². The van der Waals surface area contributed by atoms with Gasteiger partial charge in [-0.25, -0.2) is 8.42 Å². The van der Waals surface area contributed by atoms with E-state index in [2.05, 4.69) is 27.8 Å². The Bertz CT molecular complexity index is 768. The monoisotopic (exact) mass is 524 g/mol. The summed E-state index contributed by atoms with van der Waals surface area (Å²) in [5.41, 5.74) is 2.20. The lowest BCUT2D eigenvalue weighted by Crippen LogP contribution is -2.46. The van der Waals surface area contributed by atoms with Crippen LogP contribution in [-0.2, 0) is 16.6 Å². The maximum Gasteiger partial charge on any atom is 0.211 e. The second-order valence-electron chi connectivity index (χ2n) is 7.25. The van der Waals surface area contributed by atoms with Crippen LogP contribution in [0.1, 0.15) is 37.8 Å². The van der Waals surface area contributed by atoms with Crippen LogP contribution in [0.2, 0.25) is 0 Å². The summed E-state index contributed by atoms with van der Waals surface area (Å²) in [7, 11) is -1.46. The minimum absolute atomic E-state index is 0. The molecular weight excluding hydrogens is 491 g/mol. The molecule has 0 bridgehead atoms. The van der Waals surface area contributed by atoms with Gasteiger partial charge in [0.2, 0.25) is 10.0 Å². The predicted octanol–water partition coefficient (Wildman–Crippen LogP) is 2.49. The van der Waals surface area contributed by atoms with Crippen molar-refractivity contribution in [3.8, 4) is 5.75 Å². The van der Waals surface area contributed by atoms with Crippen molar-refractivity contribution in [2.75, 3.05) is 26.4 Å². The van der Waals surface area contributed by atoms with Crippen LogP contribution in [0.25, 0.3) is 0 Å². The van der Waals surface area contributed by atoms with E-state index in [0.29, 0.717) is 25.6 Å². The first-order chi connectivity index (χ1) is 12.7. The third-order valence-corrected chi connectivity index (χ3v) is 5.84. The fourth-order valence-electron chi connectivity index (χ4n) is 3.24. The molecule has 28 heavy (non-hydrogen) atoms. The Balaban J connectivity index is 0.00000392. The van der Waals surface area contributed by atoms with E-state index < -0.39 is 10.0 Å². The van der Waals surface area contributed by atoms with Crippen LogP contribution in [0.15, 0.2) is 23.2 Å². The van der Waals surface area contributed by atoms with Gasteiger partial charge in [-0.05, 0) is 45.2 Å². The van der Waals surface area contributed by atoms with E-state index in [0.717, 1.165) is 29.7 Å². The number of guanidine groups is 1. The van der Waals surface area contributed by atoms with E-state index in [1.807, 2.05) is 26.8 Å². The zero-order valence-corrected chi connectivity index (χ0v) is 20.5. The van der Waals surface area contributed by atoms with Gasteiger partial charge in [0.25, 0.3) is 0 Å². The van der Waals surface area contributed by atoms with E-state index in [1.54, 1.807) is 11.4 Å². The van der Waals surface area contributed by atoms with Gasteiger partial charge in [0.1, 0.15) is 5.75 Å². The normalized spacial score (nSPS) is 18.1. The second kappa shape index (κ2) is 11.2. The molecule has 0 amide bonds. The van der Waals surface area contributed by atoms with Gasteiger partial charge in [0.05, 0.1) is 12.4 Å². The summed E-state index contributed by atoms with van der Waals surface area (Å²) in [6.07, 6.45) is 3.13. The highest BCUT2D eigenvalue weighted by Gasteiger charge is 2.31. The molecule has 0 spiro atoms. The molecular formula is C19H33IN4O3S. The number of nitrogens with zero attached hydrogens (tertiary/aromatic N) is 2. The minimum Gasteiger partial charge on any atom is -0.491 e. The van der Waals surface area contributed by atoms with Crippen molar-refractivity contribution in [1.29, 1.82) is 0 Å². The Kier molecular flexibility index (Phi) is 9.99. The zero-order valence-electron chi connectivity index (χ0n) is 17.4. The summed E-state index contributed by atoms with van der Waals surface area (Å²) >= 11 is 0. The number of halogens is 1. The van der Waals surface area contributed by atoms with Crippen LogP contribution >= 0.6 is 24.0 Å². The van der Waals surface area contributed by atoms with Crippen molar-refractivity contribution in [2.24, 2.45) is 4.99 Å². The fourth-order valence-corrected chi connectivity index (χ4v) is 4.42. The molecule has 0 aliphatic carbocycles. The molecule has 1 aliphatic rings. The molecule has 7 nitrogen and oxygen atoms in total. The van der Waals surface area contributed by atoms with Crippen molar-refractivity contribution < 1.29 is 13.2 Å². The molecule has 2 N–H and O–H groups in total. The Morgan fingerprint density at radius 2 is 2.07 bits per heavy atom. The molecule has 1 atom stereocenters. The van der Waals surface area contributed by atoms with Crippen molar-refractivity contribution in [3.63, 3.8) is 0 Å². The van der Waals surface area contributed by atoms with Crippen LogP contribution in [0, 0.1) is 6.92 Å². The molecule has 1 aromatic carbocycles. The Hall–Kier alpha value is -1.07. The highest BCUT2D eigenvalue weighted by Crippen LogP contribution is 2.22. The molecule has 1 aromatic rings. The lowest BCUT2D eigenvalue weighted by atomic mass is 10.1. The van der Waals surface area contributed by atoms with Crippen molar-refractivity contribution in [2.45, 2.75) is 52.3 Å². The molecule has 0 radical (unpaired) electrons. The van der Waals surface area contributed by atoms with Gasteiger partial charge >= 0.3 is 0 Å². The average molecular weight is 524 g/mol. The van der Waals surface area contributed by atoms with Crippen LogP contribution in [0.4, 0.5) is 0 Å². The minimum atomic E-state index is -3.17. The molecule has 1 saturated heterocycles. The second-order valence-corrected chi connectivity index (χ2v) is 9.19. The van der Waals surface area contributed by atoms with Crippen LogP contribution < -0.4 is 15.4 Å². The van der Waals surface area contributed by atoms with E-state index in [1.165, 1.54) is 6.26 Å². The first kappa shape index (κ1) is 25.0. The molecule has 1 fully saturated rings. The molecule has 0 saturated carbocycles. The first-order valence-electron chi connectivity index (χ1n) is 9.38. The number of ether oxygens (including phenoxy) is 1. The molecule has 9 heteroatoms. The van der Waals surface area contributed by atoms with Crippen molar-refractivity contribution in [3.05, 3.63) is 29.3 Å². The summed E-state index contributed by atoms with van der Waals surface area (Å²) < 4.78 is 31.2. The Morgan fingerprint density at radius 1 is 1.36 bits per heavy atom. The number of sulfonamides is 1. The smallest absolute Gasteiger partial charge is 0.211 e. The maximum absolute atomic E-state index is 11.9. The third-order valence-electron chi connectivity index (χ3n) is 4.51. The summed E-state index contributed by atoms with van der Waals surface area (Å²) in [6.45, 7) is 7.76. The molecule has 1 aliphatic heterocycles. The highest BCUT2D eigenvalue weighted by atomic mass is 127. The van der Waals surface area contributed by atoms with Gasteiger partial charge < -0.3 is 15.4 Å². The van der Waals surface area contributed by atoms with Crippen molar-refractivity contribution in [1.82, 2.24) is 14.9 Å². The highest BCUT2D eigenvalue weighted by molar-refractivity contribution is 14.0. The van der Waals surface area contributed by atoms with Gasteiger partial charge in [-0.3, -0.25) is 4.99 Å². The number of hydrogen-bond donors (Lipinski definition) is 2. The quantitative estimate of drug-likeness (QED) is 0.326. The van der Waals surface area contributed by atoms with Crippen LogP contribution in [-0.4, -0.2) is 57.2 Å². The van der Waals surface area contributed by atoms with Crippen molar-refractivity contribution >= 4 is 40.0 Å². The molecule has 0 aromatic heterocycles. The van der Waals surface area contributed by atoms with Gasteiger partial charge in [-0.2, -0.15) is 4.31 Å². The summed E-state index contributed by atoms with van der Waals surface area (Å²) in [6, 6.07) is 6.12. The number of aliphatic imine (C=N–C) groups is 1. The number of aryl methyl sites for hydroxylation is 1. The van der Waals surface area contributed by atoms with E-state index in [4.69, 9.17) is 4.74 Å². The maximum atomic E-state index is 11.9. The molecule has 1 heterocycles. The topological polar surface area (TPSA) is 83.0 Å². The number of hydrogen-bond acceptors (Lipinski definition) is 4. The van der Waals surface area contributed by atoms with Gasteiger partial charge in [-0.1, -0.05) is 12.1 Å². The molecule has 2 rings (SSSR count). The standard InChI is InChI=1S/C19H32N4O3S.HI/c1-14(2)26-18-11-15(3)8-9-16(18)12-21-19(20-4)22-13-17-7-6-10-23(17)27(5,24)25;/h8-9,11,14,17H,6-7,10,12-13H2,1-5H3,(H2,20,21,22);1H/t17-;/m1./s1. The molecule has 160 valence electrons. The largest absolute Gasteiger partial charge is 0.491 e. The number of benzene rings is 1. The summed E-state index contributed by atoms with van der Waals surface area (Å²) in [4.78, 5) is 4.25. The lowest BCUT2D eigenvalue weighted by molar-refractivity contribution is 0.239. The van der Waals surface area contributed by atoms with Gasteiger partial charge in [0, 0.05) is 38.3 Å². The third kappa shape index (κ3) is 7.40. The number of rotatable bonds is 7.